The molecule has 0 amide bonds. The van der Waals surface area contributed by atoms with E-state index in [0.717, 1.165) is 18.7 Å². The zero-order valence-corrected chi connectivity index (χ0v) is 10.7. The first-order valence-corrected chi connectivity index (χ1v) is 6.39. The third kappa shape index (κ3) is 2.65. The van der Waals surface area contributed by atoms with Crippen molar-refractivity contribution in [3.8, 4) is 5.82 Å². The van der Waals surface area contributed by atoms with Gasteiger partial charge in [0.05, 0.1) is 5.56 Å². The molecule has 0 radical (unpaired) electrons. The van der Waals surface area contributed by atoms with E-state index in [-0.39, 0.29) is 12.1 Å². The average Bonchev–Trinajstić information content (AvgIpc) is 3.14. The Kier molecular flexibility index (Phi) is 3.03. The van der Waals surface area contributed by atoms with Gasteiger partial charge in [-0.2, -0.15) is 0 Å². The molecule has 0 aliphatic heterocycles. The van der Waals surface area contributed by atoms with Gasteiger partial charge < -0.3 is 4.74 Å². The molecule has 5 nitrogen and oxygen atoms in total. The standard InChI is InChI=1S/C14H15N3O2/c1-10(11-2-3-11)19-14(18)12-4-5-13(16-8-12)17-7-6-15-9-17/h4-11H,2-3H2,1H3/t10-/m0/s1. The Labute approximate surface area is 111 Å². The average molecular weight is 257 g/mol. The van der Waals surface area contributed by atoms with Crippen molar-refractivity contribution in [2.75, 3.05) is 0 Å². The zero-order valence-electron chi connectivity index (χ0n) is 10.7. The summed E-state index contributed by atoms with van der Waals surface area (Å²) in [5, 5.41) is 0. The van der Waals surface area contributed by atoms with Gasteiger partial charge in [-0.05, 0) is 37.8 Å². The Hall–Kier alpha value is -2.17. The molecule has 3 rings (SSSR count). The van der Waals surface area contributed by atoms with Gasteiger partial charge in [0.2, 0.25) is 0 Å². The monoisotopic (exact) mass is 257 g/mol. The zero-order chi connectivity index (χ0) is 13.2. The predicted octanol–water partition coefficient (Wildman–Crippen LogP) is 2.22. The third-order valence-corrected chi connectivity index (χ3v) is 3.33. The van der Waals surface area contributed by atoms with Crippen LogP contribution in [0.25, 0.3) is 5.82 Å². The fourth-order valence-electron chi connectivity index (χ4n) is 1.95. The number of carbonyl (C=O) groups is 1. The van der Waals surface area contributed by atoms with Crippen molar-refractivity contribution in [1.82, 2.24) is 14.5 Å². The lowest BCUT2D eigenvalue weighted by Crippen LogP contribution is -2.17. The van der Waals surface area contributed by atoms with Crippen LogP contribution in [0.15, 0.2) is 37.1 Å². The van der Waals surface area contributed by atoms with Crippen molar-refractivity contribution < 1.29 is 9.53 Å². The van der Waals surface area contributed by atoms with E-state index in [9.17, 15) is 4.79 Å². The maximum Gasteiger partial charge on any atom is 0.339 e. The predicted molar refractivity (Wildman–Crippen MR) is 69.0 cm³/mol. The minimum absolute atomic E-state index is 0.000764. The summed E-state index contributed by atoms with van der Waals surface area (Å²) < 4.78 is 7.17. The second-order valence-electron chi connectivity index (χ2n) is 4.82. The van der Waals surface area contributed by atoms with E-state index in [1.807, 2.05) is 6.92 Å². The summed E-state index contributed by atoms with van der Waals surface area (Å²) in [5.74, 6) is 0.968. The van der Waals surface area contributed by atoms with E-state index in [2.05, 4.69) is 9.97 Å². The Morgan fingerprint density at radius 1 is 1.47 bits per heavy atom. The van der Waals surface area contributed by atoms with E-state index in [1.54, 1.807) is 35.4 Å². The van der Waals surface area contributed by atoms with Gasteiger partial charge in [0.1, 0.15) is 18.2 Å². The summed E-state index contributed by atoms with van der Waals surface area (Å²) in [4.78, 5) is 20.1. The number of rotatable bonds is 4. The lowest BCUT2D eigenvalue weighted by Gasteiger charge is -2.12. The molecule has 1 saturated carbocycles. The summed E-state index contributed by atoms with van der Waals surface area (Å²) in [6.07, 6.45) is 9.00. The van der Waals surface area contributed by atoms with E-state index in [4.69, 9.17) is 4.74 Å². The Morgan fingerprint density at radius 2 is 2.32 bits per heavy atom. The second kappa shape index (κ2) is 4.84. The SMILES string of the molecule is C[C@H](OC(=O)c1ccc(-n2ccnc2)nc1)C1CC1. The normalized spacial score (nSPS) is 16.1. The highest BCUT2D eigenvalue weighted by atomic mass is 16.5. The number of esters is 1. The first-order chi connectivity index (χ1) is 9.24. The quantitative estimate of drug-likeness (QED) is 0.788. The maximum atomic E-state index is 11.9. The van der Waals surface area contributed by atoms with Crippen molar-refractivity contribution >= 4 is 5.97 Å². The molecule has 1 fully saturated rings. The first kappa shape index (κ1) is 11.9. The molecule has 0 spiro atoms. The molecule has 2 heterocycles. The van der Waals surface area contributed by atoms with E-state index in [1.165, 1.54) is 6.20 Å². The van der Waals surface area contributed by atoms with Crippen LogP contribution in [0.1, 0.15) is 30.1 Å². The number of imidazole rings is 1. The molecule has 0 saturated heterocycles. The fraction of sp³-hybridized carbons (Fsp3) is 0.357. The smallest absolute Gasteiger partial charge is 0.339 e. The summed E-state index contributed by atoms with van der Waals surface area (Å²) in [6, 6.07) is 3.50. The summed E-state index contributed by atoms with van der Waals surface area (Å²) in [6.45, 7) is 1.95. The van der Waals surface area contributed by atoms with Crippen LogP contribution in [-0.2, 0) is 4.74 Å². The molecular formula is C14H15N3O2. The van der Waals surface area contributed by atoms with Crippen LogP contribution in [0.2, 0.25) is 0 Å². The lowest BCUT2D eigenvalue weighted by atomic mass is 10.2. The van der Waals surface area contributed by atoms with Crippen LogP contribution < -0.4 is 0 Å². The third-order valence-electron chi connectivity index (χ3n) is 3.33. The molecule has 19 heavy (non-hydrogen) atoms. The molecule has 2 aromatic rings. The van der Waals surface area contributed by atoms with Crippen molar-refractivity contribution in [2.24, 2.45) is 5.92 Å². The van der Waals surface area contributed by atoms with Crippen LogP contribution in [0.4, 0.5) is 0 Å². The van der Waals surface area contributed by atoms with Crippen LogP contribution in [0.3, 0.4) is 0 Å². The highest BCUT2D eigenvalue weighted by Crippen LogP contribution is 2.34. The number of aromatic nitrogens is 3. The molecule has 98 valence electrons. The van der Waals surface area contributed by atoms with Gasteiger partial charge in [0, 0.05) is 18.6 Å². The minimum Gasteiger partial charge on any atom is -0.459 e. The number of hydrogen-bond acceptors (Lipinski definition) is 4. The topological polar surface area (TPSA) is 57.0 Å². The number of hydrogen-bond donors (Lipinski definition) is 0. The molecule has 5 heteroatoms. The molecule has 0 unspecified atom stereocenters. The Balaban J connectivity index is 1.69. The molecule has 0 aromatic carbocycles. The second-order valence-corrected chi connectivity index (χ2v) is 4.82. The van der Waals surface area contributed by atoms with Crippen molar-refractivity contribution in [1.29, 1.82) is 0 Å². The van der Waals surface area contributed by atoms with Gasteiger partial charge >= 0.3 is 5.97 Å². The van der Waals surface area contributed by atoms with Crippen molar-refractivity contribution in [2.45, 2.75) is 25.9 Å². The molecule has 1 aliphatic carbocycles. The van der Waals surface area contributed by atoms with Gasteiger partial charge in [-0.3, -0.25) is 4.57 Å². The van der Waals surface area contributed by atoms with E-state index >= 15 is 0 Å². The van der Waals surface area contributed by atoms with Gasteiger partial charge in [-0.15, -0.1) is 0 Å². The van der Waals surface area contributed by atoms with Crippen LogP contribution in [0.5, 0.6) is 0 Å². The Bertz CT molecular complexity index is 559. The summed E-state index contributed by atoms with van der Waals surface area (Å²) >= 11 is 0. The largest absolute Gasteiger partial charge is 0.459 e. The Morgan fingerprint density at radius 3 is 2.89 bits per heavy atom. The van der Waals surface area contributed by atoms with Crippen LogP contribution >= 0.6 is 0 Å². The highest BCUT2D eigenvalue weighted by molar-refractivity contribution is 5.89. The number of nitrogens with zero attached hydrogens (tertiary/aromatic N) is 3. The van der Waals surface area contributed by atoms with Crippen molar-refractivity contribution in [3.63, 3.8) is 0 Å². The maximum absolute atomic E-state index is 11.9. The first-order valence-electron chi connectivity index (χ1n) is 6.39. The summed E-state index contributed by atoms with van der Waals surface area (Å²) in [7, 11) is 0. The molecular weight excluding hydrogens is 242 g/mol. The molecule has 1 atom stereocenters. The summed E-state index contributed by atoms with van der Waals surface area (Å²) in [5.41, 5.74) is 0.483. The van der Waals surface area contributed by atoms with E-state index in [0.29, 0.717) is 11.5 Å². The van der Waals surface area contributed by atoms with Crippen molar-refractivity contribution in [3.05, 3.63) is 42.6 Å². The highest BCUT2D eigenvalue weighted by Gasteiger charge is 2.30. The number of pyridine rings is 1. The van der Waals surface area contributed by atoms with Gasteiger partial charge in [-0.25, -0.2) is 14.8 Å². The molecule has 1 aliphatic rings. The number of carbonyl (C=O) groups excluding carboxylic acids is 1. The fourth-order valence-corrected chi connectivity index (χ4v) is 1.95. The van der Waals surface area contributed by atoms with Gasteiger partial charge in [0.25, 0.3) is 0 Å². The minimum atomic E-state index is -0.302. The van der Waals surface area contributed by atoms with Crippen LogP contribution in [0, 0.1) is 5.92 Å². The number of ether oxygens (including phenoxy) is 1. The lowest BCUT2D eigenvalue weighted by molar-refractivity contribution is 0.0294. The van der Waals surface area contributed by atoms with E-state index < -0.39 is 0 Å². The molecule has 2 aromatic heterocycles. The molecule has 0 bridgehead atoms. The van der Waals surface area contributed by atoms with Gasteiger partial charge in [-0.1, -0.05) is 0 Å². The van der Waals surface area contributed by atoms with Crippen LogP contribution in [-0.4, -0.2) is 26.6 Å². The molecule has 0 N–H and O–H groups in total. The van der Waals surface area contributed by atoms with Gasteiger partial charge in [0.15, 0.2) is 0 Å².